The minimum atomic E-state index is -0.258. The average Bonchev–Trinajstić information content (AvgIpc) is 2.56. The van der Waals surface area contributed by atoms with E-state index in [1.807, 2.05) is 11.4 Å². The van der Waals surface area contributed by atoms with E-state index >= 15 is 0 Å². The summed E-state index contributed by atoms with van der Waals surface area (Å²) in [5.74, 6) is 0. The Bertz CT molecular complexity index is 251. The van der Waals surface area contributed by atoms with Crippen LogP contribution >= 0.6 is 11.3 Å². The lowest BCUT2D eigenvalue weighted by atomic mass is 10.1. The fourth-order valence-corrected chi connectivity index (χ4v) is 1.99. The smallest absolute Gasteiger partial charge is 0.0625 e. The van der Waals surface area contributed by atoms with Crippen molar-refractivity contribution >= 4 is 11.3 Å². The van der Waals surface area contributed by atoms with Gasteiger partial charge in [0.15, 0.2) is 0 Å². The largest absolute Gasteiger partial charge is 0.392 e. The van der Waals surface area contributed by atoms with Crippen molar-refractivity contribution in [2.24, 2.45) is 0 Å². The molecule has 13 heavy (non-hydrogen) atoms. The van der Waals surface area contributed by atoms with E-state index in [9.17, 15) is 5.11 Å². The summed E-state index contributed by atoms with van der Waals surface area (Å²) in [5.41, 5.74) is 1.13. The molecule has 0 saturated carbocycles. The molecule has 0 amide bonds. The van der Waals surface area contributed by atoms with Crippen LogP contribution in [0.2, 0.25) is 0 Å². The van der Waals surface area contributed by atoms with Crippen LogP contribution in [-0.4, -0.2) is 11.2 Å². The van der Waals surface area contributed by atoms with Crippen molar-refractivity contribution in [2.75, 3.05) is 0 Å². The van der Waals surface area contributed by atoms with E-state index in [1.165, 1.54) is 4.88 Å². The molecule has 1 aromatic heterocycles. The maximum atomic E-state index is 9.67. The molecule has 0 aliphatic rings. The minimum absolute atomic E-state index is 0.258. The quantitative estimate of drug-likeness (QED) is 0.718. The Labute approximate surface area is 83.7 Å². The van der Waals surface area contributed by atoms with Gasteiger partial charge in [-0.25, -0.2) is 0 Å². The van der Waals surface area contributed by atoms with Crippen LogP contribution in [0.3, 0.4) is 0 Å². The van der Waals surface area contributed by atoms with E-state index in [1.54, 1.807) is 11.3 Å². The van der Waals surface area contributed by atoms with E-state index < -0.39 is 0 Å². The van der Waals surface area contributed by atoms with Gasteiger partial charge in [-0.2, -0.15) is 0 Å². The summed E-state index contributed by atoms with van der Waals surface area (Å²) in [5, 5.41) is 11.7. The van der Waals surface area contributed by atoms with Crippen LogP contribution in [0.5, 0.6) is 0 Å². The summed E-state index contributed by atoms with van der Waals surface area (Å²) in [4.78, 5) is 1.25. The van der Waals surface area contributed by atoms with Gasteiger partial charge >= 0.3 is 0 Å². The Morgan fingerprint density at radius 2 is 2.46 bits per heavy atom. The lowest BCUT2D eigenvalue weighted by Crippen LogP contribution is -2.10. The number of hydrogen-bond donors (Lipinski definition) is 1. The number of aliphatic hydroxyl groups excluding tert-OH is 1. The molecule has 0 spiro atoms. The molecule has 0 saturated heterocycles. The predicted octanol–water partition coefficient (Wildman–Crippen LogP) is 3.01. The fraction of sp³-hybridized carbons (Fsp3) is 0.455. The van der Waals surface area contributed by atoms with Crippen molar-refractivity contribution in [1.82, 2.24) is 0 Å². The molecule has 1 atom stereocenters. The second-order valence-corrected chi connectivity index (χ2v) is 4.28. The Balaban J connectivity index is 2.33. The highest BCUT2D eigenvalue weighted by atomic mass is 32.1. The van der Waals surface area contributed by atoms with Gasteiger partial charge in [-0.1, -0.05) is 25.1 Å². The monoisotopic (exact) mass is 196 g/mol. The second-order valence-electron chi connectivity index (χ2n) is 3.24. The first-order valence-corrected chi connectivity index (χ1v) is 5.47. The van der Waals surface area contributed by atoms with Gasteiger partial charge in [-0.05, 0) is 24.3 Å². The van der Waals surface area contributed by atoms with Crippen LogP contribution in [0.1, 0.15) is 24.6 Å². The molecule has 0 aliphatic heterocycles. The fourth-order valence-electron chi connectivity index (χ4n) is 1.21. The van der Waals surface area contributed by atoms with E-state index in [2.05, 4.69) is 19.6 Å². The van der Waals surface area contributed by atoms with Crippen molar-refractivity contribution in [2.45, 2.75) is 32.3 Å². The highest BCUT2D eigenvalue weighted by Gasteiger charge is 2.06. The molecule has 2 heteroatoms. The Hall–Kier alpha value is -0.600. The summed E-state index contributed by atoms with van der Waals surface area (Å²) >= 11 is 1.70. The number of aliphatic hydroxyl groups is 1. The highest BCUT2D eigenvalue weighted by Crippen LogP contribution is 2.15. The summed E-state index contributed by atoms with van der Waals surface area (Å²) in [6.07, 6.45) is 2.19. The third kappa shape index (κ3) is 3.75. The Morgan fingerprint density at radius 3 is 3.00 bits per heavy atom. The third-order valence-electron chi connectivity index (χ3n) is 2.04. The van der Waals surface area contributed by atoms with Crippen LogP contribution in [0.15, 0.2) is 29.7 Å². The zero-order chi connectivity index (χ0) is 9.68. The zero-order valence-electron chi connectivity index (χ0n) is 7.99. The van der Waals surface area contributed by atoms with Crippen LogP contribution in [0.25, 0.3) is 0 Å². The molecule has 1 heterocycles. The normalized spacial score (nSPS) is 12.8. The molecule has 0 fully saturated rings. The predicted molar refractivity (Wildman–Crippen MR) is 58.1 cm³/mol. The first-order chi connectivity index (χ1) is 6.22. The van der Waals surface area contributed by atoms with Crippen molar-refractivity contribution in [3.63, 3.8) is 0 Å². The lowest BCUT2D eigenvalue weighted by molar-refractivity contribution is 0.175. The minimum Gasteiger partial charge on any atom is -0.392 e. The summed E-state index contributed by atoms with van der Waals surface area (Å²) < 4.78 is 0. The van der Waals surface area contributed by atoms with Crippen LogP contribution in [-0.2, 0) is 6.42 Å². The zero-order valence-corrected chi connectivity index (χ0v) is 8.81. The van der Waals surface area contributed by atoms with Gasteiger partial charge < -0.3 is 5.11 Å². The molecule has 0 radical (unpaired) electrons. The molecule has 1 N–H and O–H groups in total. The Kier molecular flexibility index (Phi) is 4.19. The van der Waals surface area contributed by atoms with Gasteiger partial charge in [0.1, 0.15) is 0 Å². The van der Waals surface area contributed by atoms with Crippen molar-refractivity contribution < 1.29 is 5.11 Å². The topological polar surface area (TPSA) is 20.2 Å². The van der Waals surface area contributed by atoms with Crippen LogP contribution in [0, 0.1) is 0 Å². The summed E-state index contributed by atoms with van der Waals surface area (Å²) in [6, 6.07) is 4.07. The van der Waals surface area contributed by atoms with Crippen molar-refractivity contribution in [1.29, 1.82) is 0 Å². The van der Waals surface area contributed by atoms with Gasteiger partial charge in [0.25, 0.3) is 0 Å². The first-order valence-electron chi connectivity index (χ1n) is 4.59. The SMILES string of the molecule is C=C(CC)CC(O)Cc1cccs1. The molecule has 0 aliphatic carbocycles. The molecule has 72 valence electrons. The van der Waals surface area contributed by atoms with Crippen LogP contribution < -0.4 is 0 Å². The number of hydrogen-bond acceptors (Lipinski definition) is 2. The highest BCUT2D eigenvalue weighted by molar-refractivity contribution is 7.09. The maximum absolute atomic E-state index is 9.67. The molecule has 1 aromatic rings. The van der Waals surface area contributed by atoms with Crippen molar-refractivity contribution in [3.8, 4) is 0 Å². The molecule has 0 bridgehead atoms. The summed E-state index contributed by atoms with van der Waals surface area (Å²) in [7, 11) is 0. The molecular weight excluding hydrogens is 180 g/mol. The summed E-state index contributed by atoms with van der Waals surface area (Å²) in [6.45, 7) is 5.96. The van der Waals surface area contributed by atoms with E-state index in [0.717, 1.165) is 24.8 Å². The molecule has 1 unspecified atom stereocenters. The number of rotatable bonds is 5. The molecule has 1 nitrogen and oxygen atoms in total. The van der Waals surface area contributed by atoms with E-state index in [4.69, 9.17) is 0 Å². The number of thiophene rings is 1. The molecular formula is C11H16OS. The van der Waals surface area contributed by atoms with Gasteiger partial charge in [0.2, 0.25) is 0 Å². The average molecular weight is 196 g/mol. The molecule has 1 rings (SSSR count). The standard InChI is InChI=1S/C11H16OS/c1-3-9(2)7-10(12)8-11-5-4-6-13-11/h4-6,10,12H,2-3,7-8H2,1H3. The first kappa shape index (κ1) is 10.5. The van der Waals surface area contributed by atoms with Crippen LogP contribution in [0.4, 0.5) is 0 Å². The molecule has 0 aromatic carbocycles. The third-order valence-corrected chi connectivity index (χ3v) is 2.94. The lowest BCUT2D eigenvalue weighted by Gasteiger charge is -2.09. The second kappa shape index (κ2) is 5.20. The van der Waals surface area contributed by atoms with Gasteiger partial charge in [0, 0.05) is 11.3 Å². The van der Waals surface area contributed by atoms with Gasteiger partial charge in [-0.3, -0.25) is 0 Å². The van der Waals surface area contributed by atoms with Crippen molar-refractivity contribution in [3.05, 3.63) is 34.5 Å². The van der Waals surface area contributed by atoms with Gasteiger partial charge in [0.05, 0.1) is 6.10 Å². The van der Waals surface area contributed by atoms with Gasteiger partial charge in [-0.15, -0.1) is 11.3 Å². The van der Waals surface area contributed by atoms with E-state index in [0.29, 0.717) is 0 Å². The maximum Gasteiger partial charge on any atom is 0.0625 e. The van der Waals surface area contributed by atoms with E-state index in [-0.39, 0.29) is 6.10 Å². The Morgan fingerprint density at radius 1 is 1.69 bits per heavy atom.